The summed E-state index contributed by atoms with van der Waals surface area (Å²) in [5, 5.41) is 6.15. The summed E-state index contributed by atoms with van der Waals surface area (Å²) in [6, 6.07) is -0.0635. The van der Waals surface area contributed by atoms with E-state index in [0.29, 0.717) is 0 Å². The maximum atomic E-state index is 12.3. The maximum Gasteiger partial charge on any atom is 0.240 e. The molecule has 106 valence electrons. The first kappa shape index (κ1) is 14.5. The molecule has 1 amide bonds. The second-order valence-electron chi connectivity index (χ2n) is 5.43. The highest BCUT2D eigenvalue weighted by Gasteiger charge is 2.35. The summed E-state index contributed by atoms with van der Waals surface area (Å²) in [5.41, 5.74) is 6.50. The molecule has 0 aliphatic heterocycles. The first-order valence-electron chi connectivity index (χ1n) is 7.09. The van der Waals surface area contributed by atoms with Crippen molar-refractivity contribution in [2.75, 3.05) is 0 Å². The molecule has 0 radical (unpaired) electrons. The summed E-state index contributed by atoms with van der Waals surface area (Å²) < 4.78 is 0. The molecule has 2 rings (SSSR count). The Hall–Kier alpha value is -0.940. The van der Waals surface area contributed by atoms with E-state index in [4.69, 9.17) is 5.73 Å². The highest BCUT2D eigenvalue weighted by atomic mass is 32.1. The van der Waals surface area contributed by atoms with Gasteiger partial charge in [0.2, 0.25) is 5.91 Å². The molecule has 1 aliphatic carbocycles. The molecule has 1 aromatic rings. The van der Waals surface area contributed by atoms with E-state index in [1.165, 1.54) is 6.42 Å². The van der Waals surface area contributed by atoms with Gasteiger partial charge in [0, 0.05) is 5.38 Å². The number of rotatable bonds is 4. The normalized spacial score (nSPS) is 19.9. The van der Waals surface area contributed by atoms with Gasteiger partial charge in [-0.25, -0.2) is 4.98 Å². The minimum Gasteiger partial charge on any atom is -0.346 e. The van der Waals surface area contributed by atoms with Crippen molar-refractivity contribution in [3.8, 4) is 0 Å². The number of carbonyl (C=O) groups is 1. The van der Waals surface area contributed by atoms with Gasteiger partial charge in [-0.3, -0.25) is 4.79 Å². The first-order chi connectivity index (χ1) is 9.05. The molecule has 1 fully saturated rings. The van der Waals surface area contributed by atoms with Crippen LogP contribution in [0.2, 0.25) is 0 Å². The SMILES string of the molecule is CCc1nc(C(C)NC(=O)C2(N)CCCCC2)cs1. The number of thiazole rings is 1. The van der Waals surface area contributed by atoms with E-state index in [-0.39, 0.29) is 11.9 Å². The third-order valence-electron chi connectivity index (χ3n) is 3.86. The van der Waals surface area contributed by atoms with Crippen molar-refractivity contribution in [3.63, 3.8) is 0 Å². The molecule has 0 spiro atoms. The monoisotopic (exact) mass is 281 g/mol. The summed E-state index contributed by atoms with van der Waals surface area (Å²) in [4.78, 5) is 16.8. The van der Waals surface area contributed by atoms with Gasteiger partial charge < -0.3 is 11.1 Å². The van der Waals surface area contributed by atoms with Crippen LogP contribution in [0.25, 0.3) is 0 Å². The van der Waals surface area contributed by atoms with Crippen LogP contribution in [-0.2, 0) is 11.2 Å². The minimum absolute atomic E-state index is 0.0225. The lowest BCUT2D eigenvalue weighted by molar-refractivity contribution is -0.128. The second kappa shape index (κ2) is 6.01. The fourth-order valence-electron chi connectivity index (χ4n) is 2.51. The van der Waals surface area contributed by atoms with Crippen LogP contribution in [-0.4, -0.2) is 16.4 Å². The summed E-state index contributed by atoms with van der Waals surface area (Å²) in [7, 11) is 0. The van der Waals surface area contributed by atoms with Crippen LogP contribution >= 0.6 is 11.3 Å². The van der Waals surface area contributed by atoms with E-state index in [9.17, 15) is 4.79 Å². The van der Waals surface area contributed by atoms with Crippen LogP contribution in [0.4, 0.5) is 0 Å². The summed E-state index contributed by atoms with van der Waals surface area (Å²) >= 11 is 1.65. The lowest BCUT2D eigenvalue weighted by Gasteiger charge is -2.32. The van der Waals surface area contributed by atoms with Crippen LogP contribution < -0.4 is 11.1 Å². The van der Waals surface area contributed by atoms with E-state index in [1.807, 2.05) is 12.3 Å². The van der Waals surface area contributed by atoms with Crippen molar-refractivity contribution in [3.05, 3.63) is 16.1 Å². The Balaban J connectivity index is 1.97. The average Bonchev–Trinajstić information content (AvgIpc) is 2.88. The molecule has 1 unspecified atom stereocenters. The standard InChI is InChI=1S/C14H23N3OS/c1-3-12-17-11(9-19-12)10(2)16-13(18)14(15)7-5-4-6-8-14/h9-10H,3-8,15H2,1-2H3,(H,16,18). The van der Waals surface area contributed by atoms with Crippen LogP contribution in [0.3, 0.4) is 0 Å². The topological polar surface area (TPSA) is 68.0 Å². The lowest BCUT2D eigenvalue weighted by Crippen LogP contribution is -2.55. The number of hydrogen-bond acceptors (Lipinski definition) is 4. The average molecular weight is 281 g/mol. The zero-order chi connectivity index (χ0) is 13.9. The van der Waals surface area contributed by atoms with Crippen molar-refractivity contribution in [2.45, 2.75) is 64.0 Å². The van der Waals surface area contributed by atoms with Gasteiger partial charge in [-0.1, -0.05) is 26.2 Å². The van der Waals surface area contributed by atoms with E-state index < -0.39 is 5.54 Å². The van der Waals surface area contributed by atoms with Gasteiger partial charge in [0.25, 0.3) is 0 Å². The van der Waals surface area contributed by atoms with Crippen molar-refractivity contribution in [2.24, 2.45) is 5.73 Å². The second-order valence-corrected chi connectivity index (χ2v) is 6.37. The van der Waals surface area contributed by atoms with Gasteiger partial charge in [0.1, 0.15) is 0 Å². The number of amides is 1. The molecule has 1 aliphatic rings. The van der Waals surface area contributed by atoms with Gasteiger partial charge in [-0.05, 0) is 26.2 Å². The summed E-state index contributed by atoms with van der Waals surface area (Å²) in [6.07, 6.45) is 5.81. The number of hydrogen-bond donors (Lipinski definition) is 2. The van der Waals surface area contributed by atoms with Gasteiger partial charge in [0.05, 0.1) is 22.3 Å². The molecule has 1 saturated carbocycles. The molecular formula is C14H23N3OS. The maximum absolute atomic E-state index is 12.3. The molecule has 0 aromatic carbocycles. The van der Waals surface area contributed by atoms with Crippen molar-refractivity contribution in [1.29, 1.82) is 0 Å². The minimum atomic E-state index is -0.671. The molecule has 3 N–H and O–H groups in total. The van der Waals surface area contributed by atoms with Gasteiger partial charge in [0.15, 0.2) is 0 Å². The molecule has 1 aromatic heterocycles. The van der Waals surface area contributed by atoms with E-state index in [1.54, 1.807) is 11.3 Å². The molecule has 19 heavy (non-hydrogen) atoms. The Morgan fingerprint density at radius 2 is 2.21 bits per heavy atom. The molecule has 1 heterocycles. The number of carbonyl (C=O) groups excluding carboxylic acids is 1. The van der Waals surface area contributed by atoms with E-state index >= 15 is 0 Å². The molecule has 5 heteroatoms. The van der Waals surface area contributed by atoms with Gasteiger partial charge >= 0.3 is 0 Å². The molecule has 0 saturated heterocycles. The van der Waals surface area contributed by atoms with E-state index in [2.05, 4.69) is 17.2 Å². The number of nitrogens with two attached hydrogens (primary N) is 1. The summed E-state index contributed by atoms with van der Waals surface area (Å²) in [6.45, 7) is 4.06. The molecular weight excluding hydrogens is 258 g/mol. The first-order valence-corrected chi connectivity index (χ1v) is 7.97. The van der Waals surface area contributed by atoms with Gasteiger partial charge in [-0.15, -0.1) is 11.3 Å². The largest absolute Gasteiger partial charge is 0.346 e. The molecule has 4 nitrogen and oxygen atoms in total. The fourth-order valence-corrected chi connectivity index (χ4v) is 3.35. The van der Waals surface area contributed by atoms with Crippen LogP contribution in [0.1, 0.15) is 62.7 Å². The highest BCUT2D eigenvalue weighted by Crippen LogP contribution is 2.27. The van der Waals surface area contributed by atoms with E-state index in [0.717, 1.165) is 42.8 Å². The number of nitrogens with zero attached hydrogens (tertiary/aromatic N) is 1. The zero-order valence-electron chi connectivity index (χ0n) is 11.7. The van der Waals surface area contributed by atoms with Gasteiger partial charge in [-0.2, -0.15) is 0 Å². The van der Waals surface area contributed by atoms with Crippen LogP contribution in [0, 0.1) is 0 Å². The highest BCUT2D eigenvalue weighted by molar-refractivity contribution is 7.09. The van der Waals surface area contributed by atoms with Crippen LogP contribution in [0.5, 0.6) is 0 Å². The van der Waals surface area contributed by atoms with Crippen molar-refractivity contribution >= 4 is 17.2 Å². The Kier molecular flexibility index (Phi) is 4.58. The smallest absolute Gasteiger partial charge is 0.240 e. The third kappa shape index (κ3) is 3.34. The Morgan fingerprint density at radius 3 is 2.79 bits per heavy atom. The fraction of sp³-hybridized carbons (Fsp3) is 0.714. The Morgan fingerprint density at radius 1 is 1.53 bits per heavy atom. The molecule has 0 bridgehead atoms. The predicted molar refractivity (Wildman–Crippen MR) is 78.1 cm³/mol. The number of aromatic nitrogens is 1. The quantitative estimate of drug-likeness (QED) is 0.891. The third-order valence-corrected chi connectivity index (χ3v) is 4.87. The summed E-state index contributed by atoms with van der Waals surface area (Å²) in [5.74, 6) is -0.0225. The zero-order valence-corrected chi connectivity index (χ0v) is 12.6. The Labute approximate surface area is 118 Å². The predicted octanol–water partition coefficient (Wildman–Crippen LogP) is 2.54. The van der Waals surface area contributed by atoms with Crippen molar-refractivity contribution < 1.29 is 4.79 Å². The van der Waals surface area contributed by atoms with Crippen LogP contribution in [0.15, 0.2) is 5.38 Å². The number of nitrogens with one attached hydrogen (secondary N) is 1. The number of aryl methyl sites for hydroxylation is 1. The lowest BCUT2D eigenvalue weighted by atomic mass is 9.82. The molecule has 1 atom stereocenters. The van der Waals surface area contributed by atoms with Crippen molar-refractivity contribution in [1.82, 2.24) is 10.3 Å². The Bertz CT molecular complexity index is 438.